The molecule has 2 aliphatic heterocycles. The Kier molecular flexibility index (Phi) is 6.15. The highest BCUT2D eigenvalue weighted by molar-refractivity contribution is 5.91. The number of amides is 2. The van der Waals surface area contributed by atoms with E-state index >= 15 is 0 Å². The maximum absolute atomic E-state index is 12.3. The van der Waals surface area contributed by atoms with Crippen molar-refractivity contribution in [2.45, 2.75) is 44.8 Å². The Morgan fingerprint density at radius 1 is 1.32 bits per heavy atom. The quantitative estimate of drug-likeness (QED) is 0.860. The topological polar surface area (TPSA) is 62.8 Å². The number of likely N-dealkylation sites (tertiary alicyclic amines) is 1. The van der Waals surface area contributed by atoms with Crippen molar-refractivity contribution in [3.8, 4) is 5.75 Å². The predicted molar refractivity (Wildman–Crippen MR) is 98.3 cm³/mol. The molecule has 3 rings (SSSR count). The summed E-state index contributed by atoms with van der Waals surface area (Å²) >= 11 is 0. The van der Waals surface area contributed by atoms with Crippen LogP contribution < -0.4 is 15.4 Å². The number of benzene rings is 1. The molecule has 2 N–H and O–H groups in total. The molecule has 2 aliphatic rings. The molecule has 2 saturated heterocycles. The maximum atomic E-state index is 12.3. The van der Waals surface area contributed by atoms with Gasteiger partial charge in [-0.3, -0.25) is 0 Å². The number of carbonyl (C=O) groups is 1. The molecule has 0 saturated carbocycles. The number of aryl methyl sites for hydroxylation is 1. The molecular weight excluding hydrogens is 318 g/mol. The zero-order valence-electron chi connectivity index (χ0n) is 15.2. The second-order valence-corrected chi connectivity index (χ2v) is 7.01. The highest BCUT2D eigenvalue weighted by atomic mass is 16.5. The Balaban J connectivity index is 1.44. The molecule has 0 bridgehead atoms. The molecule has 2 heterocycles. The minimum Gasteiger partial charge on any atom is -0.495 e. The third kappa shape index (κ3) is 5.09. The van der Waals surface area contributed by atoms with Crippen LogP contribution in [0.15, 0.2) is 18.2 Å². The summed E-state index contributed by atoms with van der Waals surface area (Å²) in [5, 5.41) is 6.00. The van der Waals surface area contributed by atoms with Crippen molar-refractivity contribution in [3.63, 3.8) is 0 Å². The Morgan fingerprint density at radius 3 is 2.80 bits per heavy atom. The van der Waals surface area contributed by atoms with Gasteiger partial charge < -0.3 is 25.0 Å². The van der Waals surface area contributed by atoms with Crippen LogP contribution in [0.25, 0.3) is 0 Å². The third-order valence-corrected chi connectivity index (χ3v) is 5.01. The van der Waals surface area contributed by atoms with Gasteiger partial charge in [-0.15, -0.1) is 0 Å². The monoisotopic (exact) mass is 347 g/mol. The molecule has 138 valence electrons. The summed E-state index contributed by atoms with van der Waals surface area (Å²) in [6.07, 6.45) is 4.72. The normalized spacial score (nSPS) is 21.9. The Bertz CT molecular complexity index is 579. The number of nitrogens with zero attached hydrogens (tertiary/aromatic N) is 1. The molecular formula is C19H29N3O3. The minimum absolute atomic E-state index is 0.165. The van der Waals surface area contributed by atoms with Gasteiger partial charge in [0.2, 0.25) is 0 Å². The second-order valence-electron chi connectivity index (χ2n) is 7.01. The molecule has 2 amide bonds. The van der Waals surface area contributed by atoms with Gasteiger partial charge in [0.1, 0.15) is 5.75 Å². The fraction of sp³-hybridized carbons (Fsp3) is 0.632. The number of ether oxygens (including phenoxy) is 2. The summed E-state index contributed by atoms with van der Waals surface area (Å²) in [5.74, 6) is 0.673. The smallest absolute Gasteiger partial charge is 0.319 e. The van der Waals surface area contributed by atoms with Crippen molar-refractivity contribution >= 4 is 11.7 Å². The van der Waals surface area contributed by atoms with Gasteiger partial charge >= 0.3 is 6.03 Å². The highest BCUT2D eigenvalue weighted by Gasteiger charge is 2.24. The summed E-state index contributed by atoms with van der Waals surface area (Å²) < 4.78 is 11.0. The number of hydrogen-bond donors (Lipinski definition) is 2. The van der Waals surface area contributed by atoms with E-state index in [4.69, 9.17) is 9.47 Å². The number of hydrogen-bond acceptors (Lipinski definition) is 4. The van der Waals surface area contributed by atoms with Gasteiger partial charge in [0.25, 0.3) is 0 Å². The van der Waals surface area contributed by atoms with Crippen molar-refractivity contribution in [2.75, 3.05) is 38.7 Å². The van der Waals surface area contributed by atoms with Gasteiger partial charge in [-0.25, -0.2) is 4.79 Å². The summed E-state index contributed by atoms with van der Waals surface area (Å²) in [5.41, 5.74) is 1.79. The summed E-state index contributed by atoms with van der Waals surface area (Å²) in [4.78, 5) is 14.8. The van der Waals surface area contributed by atoms with E-state index in [1.54, 1.807) is 7.11 Å². The van der Waals surface area contributed by atoms with E-state index in [1.807, 2.05) is 25.1 Å². The molecule has 0 aromatic heterocycles. The van der Waals surface area contributed by atoms with E-state index in [0.29, 0.717) is 17.5 Å². The van der Waals surface area contributed by atoms with Gasteiger partial charge in [-0.05, 0) is 50.3 Å². The minimum atomic E-state index is -0.165. The first kappa shape index (κ1) is 18.0. The molecule has 6 heteroatoms. The van der Waals surface area contributed by atoms with Gasteiger partial charge in [0, 0.05) is 32.3 Å². The van der Waals surface area contributed by atoms with Crippen molar-refractivity contribution in [3.05, 3.63) is 23.8 Å². The average molecular weight is 347 g/mol. The van der Waals surface area contributed by atoms with Crippen LogP contribution in [-0.2, 0) is 4.74 Å². The van der Waals surface area contributed by atoms with Gasteiger partial charge in [-0.2, -0.15) is 0 Å². The summed E-state index contributed by atoms with van der Waals surface area (Å²) in [6.45, 7) is 5.95. The van der Waals surface area contributed by atoms with Crippen LogP contribution in [0, 0.1) is 6.92 Å². The van der Waals surface area contributed by atoms with Gasteiger partial charge in [-0.1, -0.05) is 6.07 Å². The lowest BCUT2D eigenvalue weighted by atomic mass is 10.0. The first-order chi connectivity index (χ1) is 12.1. The Labute approximate surface area is 149 Å². The number of nitrogens with one attached hydrogen (secondary N) is 2. The SMILES string of the molecule is COc1ccc(C)cc1NC(=O)NC1CCN(CC2CCCO2)CC1. The van der Waals surface area contributed by atoms with Crippen LogP contribution >= 0.6 is 0 Å². The molecule has 1 aromatic rings. The third-order valence-electron chi connectivity index (χ3n) is 5.01. The zero-order chi connectivity index (χ0) is 17.6. The molecule has 0 radical (unpaired) electrons. The fourth-order valence-corrected chi connectivity index (χ4v) is 3.60. The van der Waals surface area contributed by atoms with E-state index in [-0.39, 0.29) is 12.1 Å². The summed E-state index contributed by atoms with van der Waals surface area (Å²) in [7, 11) is 1.61. The van der Waals surface area contributed by atoms with Gasteiger partial charge in [0.15, 0.2) is 0 Å². The van der Waals surface area contributed by atoms with Crippen LogP contribution in [0.1, 0.15) is 31.2 Å². The second kappa shape index (κ2) is 8.54. The largest absolute Gasteiger partial charge is 0.495 e. The lowest BCUT2D eigenvalue weighted by Gasteiger charge is -2.33. The fourth-order valence-electron chi connectivity index (χ4n) is 3.60. The number of piperidine rings is 1. The van der Waals surface area contributed by atoms with E-state index in [1.165, 1.54) is 12.8 Å². The highest BCUT2D eigenvalue weighted by Crippen LogP contribution is 2.25. The molecule has 1 aromatic carbocycles. The lowest BCUT2D eigenvalue weighted by molar-refractivity contribution is 0.0633. The van der Waals surface area contributed by atoms with E-state index < -0.39 is 0 Å². The summed E-state index contributed by atoms with van der Waals surface area (Å²) in [6, 6.07) is 5.81. The molecule has 1 unspecified atom stereocenters. The zero-order valence-corrected chi connectivity index (χ0v) is 15.2. The van der Waals surface area contributed by atoms with Crippen molar-refractivity contribution in [1.29, 1.82) is 0 Å². The molecule has 0 aliphatic carbocycles. The molecule has 1 atom stereocenters. The molecule has 25 heavy (non-hydrogen) atoms. The number of urea groups is 1. The maximum Gasteiger partial charge on any atom is 0.319 e. The van der Waals surface area contributed by atoms with Crippen LogP contribution in [0.4, 0.5) is 10.5 Å². The number of carbonyl (C=O) groups excluding carboxylic acids is 1. The predicted octanol–water partition coefficient (Wildman–Crippen LogP) is 2.77. The van der Waals surface area contributed by atoms with E-state index in [9.17, 15) is 4.79 Å². The van der Waals surface area contributed by atoms with Crippen LogP contribution in [0.3, 0.4) is 0 Å². The van der Waals surface area contributed by atoms with Crippen molar-refractivity contribution < 1.29 is 14.3 Å². The standard InChI is InChI=1S/C19H29N3O3/c1-14-5-6-18(24-2)17(12-14)21-19(23)20-15-7-9-22(10-8-15)13-16-4-3-11-25-16/h5-6,12,15-16H,3-4,7-11,13H2,1-2H3,(H2,20,21,23). The average Bonchev–Trinajstić information content (AvgIpc) is 3.10. The number of anilines is 1. The van der Waals surface area contributed by atoms with E-state index in [0.717, 1.165) is 44.6 Å². The van der Waals surface area contributed by atoms with Crippen LogP contribution in [0.5, 0.6) is 5.75 Å². The van der Waals surface area contributed by atoms with E-state index in [2.05, 4.69) is 15.5 Å². The first-order valence-electron chi connectivity index (χ1n) is 9.20. The Hall–Kier alpha value is -1.79. The Morgan fingerprint density at radius 2 is 2.12 bits per heavy atom. The van der Waals surface area contributed by atoms with Gasteiger partial charge in [0.05, 0.1) is 18.9 Å². The molecule has 0 spiro atoms. The van der Waals surface area contributed by atoms with Crippen LogP contribution in [0.2, 0.25) is 0 Å². The van der Waals surface area contributed by atoms with Crippen molar-refractivity contribution in [2.24, 2.45) is 0 Å². The first-order valence-corrected chi connectivity index (χ1v) is 9.20. The van der Waals surface area contributed by atoms with Crippen molar-refractivity contribution in [1.82, 2.24) is 10.2 Å². The number of rotatable bonds is 5. The number of methoxy groups -OCH3 is 1. The van der Waals surface area contributed by atoms with Crippen LogP contribution in [-0.4, -0.2) is 56.4 Å². The molecule has 2 fully saturated rings. The molecule has 6 nitrogen and oxygen atoms in total. The lowest BCUT2D eigenvalue weighted by Crippen LogP contribution is -2.47.